The van der Waals surface area contributed by atoms with E-state index in [1.807, 2.05) is 0 Å². The van der Waals surface area contributed by atoms with E-state index >= 15 is 0 Å². The molecule has 5 nitrogen and oxygen atoms in total. The lowest BCUT2D eigenvalue weighted by molar-refractivity contribution is 0.516. The highest BCUT2D eigenvalue weighted by molar-refractivity contribution is 9.10. The van der Waals surface area contributed by atoms with Crippen molar-refractivity contribution in [1.29, 1.82) is 0 Å². The summed E-state index contributed by atoms with van der Waals surface area (Å²) in [5, 5.41) is 0. The molecule has 0 saturated carbocycles. The summed E-state index contributed by atoms with van der Waals surface area (Å²) in [6, 6.07) is 1.48. The van der Waals surface area contributed by atoms with E-state index in [4.69, 9.17) is 0 Å². The molecule has 1 aromatic carbocycles. The number of halogens is 3. The van der Waals surface area contributed by atoms with E-state index in [0.717, 1.165) is 12.1 Å². The molecule has 0 bridgehead atoms. The van der Waals surface area contributed by atoms with Crippen LogP contribution < -0.4 is 3.71 Å². The molecule has 0 fully saturated rings. The molecule has 10 heteroatoms. The van der Waals surface area contributed by atoms with Crippen LogP contribution in [-0.4, -0.2) is 17.5 Å². The van der Waals surface area contributed by atoms with E-state index in [-0.39, 0.29) is 4.47 Å². The Balaban J connectivity index is 3.41. The van der Waals surface area contributed by atoms with Crippen LogP contribution in [0.3, 0.4) is 0 Å². The molecule has 0 saturated heterocycles. The maximum Gasteiger partial charge on any atom is 0.152 e. The second kappa shape index (κ2) is 5.27. The Kier molecular flexibility index (Phi) is 4.50. The fraction of sp³-hybridized carbons (Fsp3) is 0. The van der Waals surface area contributed by atoms with E-state index in [9.17, 15) is 26.3 Å². The Labute approximate surface area is 102 Å². The molecule has 0 aliphatic rings. The molecule has 0 amide bonds. The Morgan fingerprint density at radius 3 is 1.81 bits per heavy atom. The van der Waals surface area contributed by atoms with Gasteiger partial charge in [-0.1, -0.05) is 15.9 Å². The van der Waals surface area contributed by atoms with Gasteiger partial charge in [0.25, 0.3) is 0 Å². The Bertz CT molecular complexity index is 435. The quantitative estimate of drug-likeness (QED) is 0.776. The number of anilines is 1. The zero-order valence-electron chi connectivity index (χ0n) is 7.19. The van der Waals surface area contributed by atoms with E-state index in [1.54, 1.807) is 0 Å². The van der Waals surface area contributed by atoms with Gasteiger partial charge in [-0.2, -0.15) is 0 Å². The lowest BCUT2D eigenvalue weighted by atomic mass is 10.3. The summed E-state index contributed by atoms with van der Waals surface area (Å²) in [7, 11) is 0. The molecule has 0 aromatic heterocycles. The standard InChI is InChI=1S/C6H4BrF2NO4S2/c7-3-1-4(8)6(5(9)2-3)10(15(11)12)16(13)14/h1-2H,(H,11,12)(H,13,14)/p-2. The predicted octanol–water partition coefficient (Wildman–Crippen LogP) is 1.12. The van der Waals surface area contributed by atoms with Gasteiger partial charge in [-0.15, -0.1) is 0 Å². The zero-order valence-corrected chi connectivity index (χ0v) is 10.4. The summed E-state index contributed by atoms with van der Waals surface area (Å²) >= 11 is -3.91. The first-order valence-corrected chi connectivity index (χ1v) is 6.33. The van der Waals surface area contributed by atoms with E-state index in [2.05, 4.69) is 15.9 Å². The van der Waals surface area contributed by atoms with E-state index in [0.29, 0.717) is 0 Å². The van der Waals surface area contributed by atoms with Crippen LogP contribution in [0.4, 0.5) is 14.5 Å². The smallest absolute Gasteiger partial charge is 0.152 e. The number of hydrogen-bond acceptors (Lipinski definition) is 4. The van der Waals surface area contributed by atoms with Crippen molar-refractivity contribution in [2.45, 2.75) is 0 Å². The van der Waals surface area contributed by atoms with Crippen molar-refractivity contribution >= 4 is 44.2 Å². The van der Waals surface area contributed by atoms with Gasteiger partial charge in [-0.3, -0.25) is 8.42 Å². The highest BCUT2D eigenvalue weighted by Gasteiger charge is 2.19. The van der Waals surface area contributed by atoms with Crippen LogP contribution in [0.5, 0.6) is 0 Å². The van der Waals surface area contributed by atoms with Crippen LogP contribution in [-0.2, 0) is 22.5 Å². The van der Waals surface area contributed by atoms with Gasteiger partial charge in [0, 0.05) is 4.47 Å². The summed E-state index contributed by atoms with van der Waals surface area (Å²) < 4.78 is 68.1. The maximum absolute atomic E-state index is 13.2. The maximum atomic E-state index is 13.2. The van der Waals surface area contributed by atoms with Gasteiger partial charge in [0.1, 0.15) is 5.69 Å². The molecule has 0 N–H and O–H groups in total. The average molecular weight is 334 g/mol. The van der Waals surface area contributed by atoms with Crippen LogP contribution in [0, 0.1) is 11.6 Å². The van der Waals surface area contributed by atoms with Crippen molar-refractivity contribution < 1.29 is 26.3 Å². The molecular weight excluding hydrogens is 332 g/mol. The third-order valence-electron chi connectivity index (χ3n) is 1.44. The Morgan fingerprint density at radius 1 is 1.12 bits per heavy atom. The summed E-state index contributed by atoms with van der Waals surface area (Å²) in [5.74, 6) is -2.64. The average Bonchev–Trinajstić information content (AvgIpc) is 2.09. The number of hydrogen-bond donors (Lipinski definition) is 0. The normalized spacial score (nSPS) is 14.6. The van der Waals surface area contributed by atoms with Crippen LogP contribution >= 0.6 is 15.9 Å². The number of nitrogens with zero attached hydrogens (tertiary/aromatic N) is 1. The van der Waals surface area contributed by atoms with Crippen molar-refractivity contribution in [2.75, 3.05) is 3.71 Å². The molecule has 0 aliphatic carbocycles. The highest BCUT2D eigenvalue weighted by Crippen LogP contribution is 2.28. The van der Waals surface area contributed by atoms with Gasteiger partial charge in [0.05, 0.1) is 22.5 Å². The fourth-order valence-corrected chi connectivity index (χ4v) is 2.35. The second-order valence-electron chi connectivity index (χ2n) is 2.41. The fourth-order valence-electron chi connectivity index (χ4n) is 0.908. The minimum absolute atomic E-state index is 0.0135. The molecule has 16 heavy (non-hydrogen) atoms. The first-order valence-electron chi connectivity index (χ1n) is 3.48. The third-order valence-corrected chi connectivity index (χ3v) is 3.53. The van der Waals surface area contributed by atoms with Crippen molar-refractivity contribution in [2.24, 2.45) is 0 Å². The van der Waals surface area contributed by atoms with Gasteiger partial charge >= 0.3 is 0 Å². The van der Waals surface area contributed by atoms with Crippen molar-refractivity contribution in [1.82, 2.24) is 0 Å². The summed E-state index contributed by atoms with van der Waals surface area (Å²) in [6.45, 7) is 0. The monoisotopic (exact) mass is 333 g/mol. The van der Waals surface area contributed by atoms with E-state index < -0.39 is 43.6 Å². The number of benzene rings is 1. The van der Waals surface area contributed by atoms with Crippen LogP contribution in [0.15, 0.2) is 16.6 Å². The van der Waals surface area contributed by atoms with Gasteiger partial charge in [-0.25, -0.2) is 12.5 Å². The minimum atomic E-state index is -3.34. The lowest BCUT2D eigenvalue weighted by Gasteiger charge is -2.27. The minimum Gasteiger partial charge on any atom is -0.754 e. The van der Waals surface area contributed by atoms with Gasteiger partial charge < -0.3 is 9.11 Å². The molecule has 0 aliphatic heterocycles. The predicted molar refractivity (Wildman–Crippen MR) is 54.4 cm³/mol. The molecule has 0 radical (unpaired) electrons. The van der Waals surface area contributed by atoms with Crippen LogP contribution in [0.25, 0.3) is 0 Å². The number of rotatable bonds is 3. The van der Waals surface area contributed by atoms with Gasteiger partial charge in [0.2, 0.25) is 0 Å². The Morgan fingerprint density at radius 2 is 1.50 bits per heavy atom. The first kappa shape index (κ1) is 13.6. The SMILES string of the molecule is O=S([O-])N(c1c(F)cc(Br)cc1F)S(=O)[O-]. The lowest BCUT2D eigenvalue weighted by Crippen LogP contribution is -2.29. The second-order valence-corrected chi connectivity index (χ2v) is 5.15. The summed E-state index contributed by atoms with van der Waals surface area (Å²) in [6.07, 6.45) is 0. The van der Waals surface area contributed by atoms with Crippen molar-refractivity contribution in [3.05, 3.63) is 28.2 Å². The molecule has 0 spiro atoms. The van der Waals surface area contributed by atoms with Gasteiger partial charge in [0.15, 0.2) is 11.6 Å². The van der Waals surface area contributed by atoms with Crippen LogP contribution in [0.1, 0.15) is 0 Å². The largest absolute Gasteiger partial charge is 0.754 e. The molecule has 90 valence electrons. The third kappa shape index (κ3) is 2.83. The zero-order chi connectivity index (χ0) is 12.5. The molecule has 0 heterocycles. The molecule has 1 aromatic rings. The molecule has 2 atom stereocenters. The molecule has 2 unspecified atom stereocenters. The molecule has 1 rings (SSSR count). The van der Waals surface area contributed by atoms with Crippen LogP contribution in [0.2, 0.25) is 0 Å². The van der Waals surface area contributed by atoms with Crippen molar-refractivity contribution in [3.8, 4) is 0 Å². The topological polar surface area (TPSA) is 83.5 Å². The first-order chi connectivity index (χ1) is 7.34. The van der Waals surface area contributed by atoms with Gasteiger partial charge in [-0.05, 0) is 12.1 Å². The Hall–Kier alpha value is -0.420. The van der Waals surface area contributed by atoms with Crippen molar-refractivity contribution in [3.63, 3.8) is 0 Å². The summed E-state index contributed by atoms with van der Waals surface area (Å²) in [4.78, 5) is 0. The highest BCUT2D eigenvalue weighted by atomic mass is 79.9. The molecular formula is C6H2BrF2NO4S2-2. The van der Waals surface area contributed by atoms with E-state index in [1.165, 1.54) is 0 Å². The summed E-state index contributed by atoms with van der Waals surface area (Å²) in [5.41, 5.74) is -1.18.